The first-order valence-electron chi connectivity index (χ1n) is 26.2. The standard InChI is InChI=1S/C57H99N2O6P/c1-6-8-10-12-14-16-18-20-22-23-24-25-26-27-28-29-30-31-32-33-34-35-37-39-41-43-45-47-49-51-57(61)58-55(54-65-66(62,63)64-53-52-59(3,4)5)56(60)50-48-46-44-42-40-38-36-21-19-17-15-13-11-9-7-2/h8,10,14,16,19-22,24-25,27-28,30-31,40,42,48,50,55-56,60H,6-7,9,11-13,15,17-18,23,26,29,32-39,41,43-47,49,51-54H2,1-5H3,(H-,58,61,62,63)/b10-8-,16-14-,21-19+,22-20-,25-24-,28-27-,31-30-,42-40+,50-48+. The summed E-state index contributed by atoms with van der Waals surface area (Å²) in [5.41, 5.74) is 0. The molecule has 3 atom stereocenters. The van der Waals surface area contributed by atoms with E-state index in [0.717, 1.165) is 96.3 Å². The summed E-state index contributed by atoms with van der Waals surface area (Å²) in [6, 6.07) is -0.919. The number of carbonyl (C=O) groups excluding carboxylic acids is 1. The molecule has 0 aromatic heterocycles. The normalized spacial score (nSPS) is 15.0. The van der Waals surface area contributed by atoms with E-state index in [4.69, 9.17) is 9.05 Å². The van der Waals surface area contributed by atoms with Gasteiger partial charge in [0.1, 0.15) is 13.2 Å². The molecule has 0 aromatic carbocycles. The predicted octanol–water partition coefficient (Wildman–Crippen LogP) is 15.0. The summed E-state index contributed by atoms with van der Waals surface area (Å²) in [5, 5.41) is 13.8. The molecular weight excluding hydrogens is 840 g/mol. The van der Waals surface area contributed by atoms with E-state index in [9.17, 15) is 19.4 Å². The number of hydrogen-bond donors (Lipinski definition) is 2. The highest BCUT2D eigenvalue weighted by molar-refractivity contribution is 7.45. The van der Waals surface area contributed by atoms with Crippen LogP contribution in [0.2, 0.25) is 0 Å². The van der Waals surface area contributed by atoms with E-state index in [0.29, 0.717) is 17.4 Å². The van der Waals surface area contributed by atoms with E-state index in [-0.39, 0.29) is 12.5 Å². The second-order valence-electron chi connectivity index (χ2n) is 18.5. The molecule has 66 heavy (non-hydrogen) atoms. The number of nitrogens with one attached hydrogen (secondary N) is 1. The van der Waals surface area contributed by atoms with Crippen molar-refractivity contribution in [1.82, 2.24) is 5.32 Å². The van der Waals surface area contributed by atoms with Gasteiger partial charge in [0.15, 0.2) is 0 Å². The summed E-state index contributed by atoms with van der Waals surface area (Å²) in [6.45, 7) is 4.47. The van der Waals surface area contributed by atoms with Crippen LogP contribution in [0, 0.1) is 0 Å². The number of aliphatic hydroxyl groups is 1. The van der Waals surface area contributed by atoms with E-state index < -0.39 is 26.6 Å². The molecule has 0 bridgehead atoms. The molecule has 0 saturated heterocycles. The van der Waals surface area contributed by atoms with E-state index in [2.05, 4.69) is 116 Å². The summed E-state index contributed by atoms with van der Waals surface area (Å²) in [7, 11) is 1.21. The van der Waals surface area contributed by atoms with Gasteiger partial charge in [0, 0.05) is 6.42 Å². The molecule has 0 aromatic rings. The SMILES string of the molecule is CC/C=C\C/C=C\C/C=C\C/C=C\C/C=C\C/C=C\CCCCCCCCCCCCC(=O)NC(COP(=O)([O-])OCC[N+](C)(C)C)C(O)/C=C/CC/C=C/CC/C=C/CCCCCCC. The van der Waals surface area contributed by atoms with E-state index in [1.165, 1.54) is 77.0 Å². The van der Waals surface area contributed by atoms with E-state index in [1.54, 1.807) is 6.08 Å². The second kappa shape index (κ2) is 47.2. The third kappa shape index (κ3) is 49.1. The second-order valence-corrected chi connectivity index (χ2v) is 19.9. The van der Waals surface area contributed by atoms with Gasteiger partial charge >= 0.3 is 0 Å². The van der Waals surface area contributed by atoms with E-state index in [1.807, 2.05) is 27.2 Å². The van der Waals surface area contributed by atoms with Gasteiger partial charge < -0.3 is 28.8 Å². The minimum Gasteiger partial charge on any atom is -0.756 e. The molecule has 0 saturated carbocycles. The molecule has 0 aliphatic rings. The Morgan fingerprint density at radius 1 is 0.545 bits per heavy atom. The average Bonchev–Trinajstić information content (AvgIpc) is 3.28. The molecule has 3 unspecified atom stereocenters. The largest absolute Gasteiger partial charge is 0.756 e. The maximum atomic E-state index is 12.9. The van der Waals surface area contributed by atoms with Gasteiger partial charge in [-0.25, -0.2) is 0 Å². The topological polar surface area (TPSA) is 108 Å². The Morgan fingerprint density at radius 3 is 1.41 bits per heavy atom. The van der Waals surface area contributed by atoms with Crippen molar-refractivity contribution in [3.8, 4) is 0 Å². The fourth-order valence-corrected chi connectivity index (χ4v) is 7.56. The van der Waals surface area contributed by atoms with Crippen molar-refractivity contribution in [2.45, 2.75) is 206 Å². The van der Waals surface area contributed by atoms with Gasteiger partial charge in [-0.3, -0.25) is 9.36 Å². The fourth-order valence-electron chi connectivity index (χ4n) is 6.83. The van der Waals surface area contributed by atoms with Crippen LogP contribution in [-0.2, 0) is 18.4 Å². The zero-order valence-corrected chi connectivity index (χ0v) is 43.7. The van der Waals surface area contributed by atoms with Crippen molar-refractivity contribution >= 4 is 13.7 Å². The number of unbranched alkanes of at least 4 members (excludes halogenated alkanes) is 17. The minimum atomic E-state index is -4.61. The number of allylic oxidation sites excluding steroid dienone is 17. The number of amides is 1. The van der Waals surface area contributed by atoms with Crippen molar-refractivity contribution in [1.29, 1.82) is 0 Å². The molecule has 0 spiro atoms. The summed E-state index contributed by atoms with van der Waals surface area (Å²) in [5.74, 6) is -0.222. The highest BCUT2D eigenvalue weighted by atomic mass is 31.2. The Bertz CT molecular complexity index is 1440. The van der Waals surface area contributed by atoms with Crippen LogP contribution in [0.4, 0.5) is 0 Å². The quantitative estimate of drug-likeness (QED) is 0.0272. The molecule has 2 N–H and O–H groups in total. The van der Waals surface area contributed by atoms with E-state index >= 15 is 0 Å². The molecule has 0 heterocycles. The number of phosphoric ester groups is 1. The third-order valence-corrected chi connectivity index (χ3v) is 11.9. The Kier molecular flexibility index (Phi) is 45.2. The highest BCUT2D eigenvalue weighted by Gasteiger charge is 2.23. The van der Waals surface area contributed by atoms with Gasteiger partial charge in [-0.1, -0.05) is 200 Å². The first kappa shape index (κ1) is 63.2. The molecule has 0 radical (unpaired) electrons. The predicted molar refractivity (Wildman–Crippen MR) is 283 cm³/mol. The monoisotopic (exact) mass is 939 g/mol. The lowest BCUT2D eigenvalue weighted by atomic mass is 10.0. The molecule has 0 rings (SSSR count). The Hall–Kier alpha value is -2.84. The Balaban J connectivity index is 4.29. The van der Waals surface area contributed by atoms with Gasteiger partial charge in [-0.05, 0) is 96.3 Å². The molecule has 0 aliphatic heterocycles. The maximum Gasteiger partial charge on any atom is 0.268 e. The van der Waals surface area contributed by atoms with Crippen molar-refractivity contribution < 1.29 is 32.9 Å². The Morgan fingerprint density at radius 2 is 0.939 bits per heavy atom. The van der Waals surface area contributed by atoms with Crippen molar-refractivity contribution in [3.63, 3.8) is 0 Å². The van der Waals surface area contributed by atoms with Crippen LogP contribution in [-0.4, -0.2) is 68.5 Å². The zero-order chi connectivity index (χ0) is 48.5. The molecule has 0 aliphatic carbocycles. The first-order valence-corrected chi connectivity index (χ1v) is 27.7. The highest BCUT2D eigenvalue weighted by Crippen LogP contribution is 2.38. The lowest BCUT2D eigenvalue weighted by Gasteiger charge is -2.29. The number of nitrogens with zero attached hydrogens (tertiary/aromatic N) is 1. The molecule has 8 nitrogen and oxygen atoms in total. The number of carbonyl (C=O) groups is 1. The number of quaternary nitrogens is 1. The molecule has 9 heteroatoms. The van der Waals surface area contributed by atoms with Crippen LogP contribution in [0.25, 0.3) is 0 Å². The first-order chi connectivity index (χ1) is 32.0. The summed E-state index contributed by atoms with van der Waals surface area (Å²) in [6.07, 6.45) is 68.6. The lowest BCUT2D eigenvalue weighted by Crippen LogP contribution is -2.45. The summed E-state index contributed by atoms with van der Waals surface area (Å²) < 4.78 is 23.2. The van der Waals surface area contributed by atoms with Crippen LogP contribution in [0.15, 0.2) is 109 Å². The zero-order valence-electron chi connectivity index (χ0n) is 42.9. The van der Waals surface area contributed by atoms with Gasteiger partial charge in [-0.2, -0.15) is 0 Å². The number of hydrogen-bond acceptors (Lipinski definition) is 6. The van der Waals surface area contributed by atoms with Gasteiger partial charge in [0.2, 0.25) is 5.91 Å². The lowest BCUT2D eigenvalue weighted by molar-refractivity contribution is -0.870. The summed E-state index contributed by atoms with van der Waals surface area (Å²) in [4.78, 5) is 25.4. The summed E-state index contributed by atoms with van der Waals surface area (Å²) >= 11 is 0. The number of rotatable bonds is 46. The van der Waals surface area contributed by atoms with Crippen LogP contribution in [0.5, 0.6) is 0 Å². The van der Waals surface area contributed by atoms with Crippen LogP contribution in [0.3, 0.4) is 0 Å². The minimum absolute atomic E-state index is 0.0155. The fraction of sp³-hybridized carbons (Fsp3) is 0.667. The van der Waals surface area contributed by atoms with Crippen molar-refractivity contribution in [2.75, 3.05) is 40.9 Å². The number of likely N-dealkylation sites (N-methyl/N-ethyl adjacent to an activating group) is 1. The maximum absolute atomic E-state index is 12.9. The molecule has 0 fully saturated rings. The van der Waals surface area contributed by atoms with Crippen LogP contribution in [0.1, 0.15) is 194 Å². The number of phosphoric acid groups is 1. The van der Waals surface area contributed by atoms with Gasteiger partial charge in [-0.15, -0.1) is 0 Å². The van der Waals surface area contributed by atoms with Gasteiger partial charge in [0.05, 0.1) is 39.9 Å². The van der Waals surface area contributed by atoms with Crippen LogP contribution < -0.4 is 10.2 Å². The molecular formula is C57H99N2O6P. The third-order valence-electron chi connectivity index (χ3n) is 10.9. The van der Waals surface area contributed by atoms with Gasteiger partial charge in [0.25, 0.3) is 7.82 Å². The molecule has 378 valence electrons. The molecule has 1 amide bonds. The van der Waals surface area contributed by atoms with Crippen LogP contribution >= 0.6 is 7.82 Å². The number of aliphatic hydroxyl groups excluding tert-OH is 1. The average molecular weight is 939 g/mol. The smallest absolute Gasteiger partial charge is 0.268 e. The van der Waals surface area contributed by atoms with Crippen molar-refractivity contribution in [3.05, 3.63) is 109 Å². The Labute approximate surface area is 406 Å². The van der Waals surface area contributed by atoms with Crippen molar-refractivity contribution in [2.24, 2.45) is 0 Å².